The molecule has 0 saturated carbocycles. The number of morpholine rings is 1. The summed E-state index contributed by atoms with van der Waals surface area (Å²) in [5.41, 5.74) is 2.24. The Kier molecular flexibility index (Phi) is 4.04. The van der Waals surface area contributed by atoms with Crippen molar-refractivity contribution >= 4 is 28.8 Å². The molecule has 4 nitrogen and oxygen atoms in total. The van der Waals surface area contributed by atoms with E-state index >= 15 is 0 Å². The summed E-state index contributed by atoms with van der Waals surface area (Å²) in [7, 11) is 0. The summed E-state index contributed by atoms with van der Waals surface area (Å²) >= 11 is 5.82. The van der Waals surface area contributed by atoms with Gasteiger partial charge < -0.3 is 15.0 Å². The third-order valence-corrected chi connectivity index (χ3v) is 3.47. The Morgan fingerprint density at radius 3 is 2.45 bits per heavy atom. The number of rotatable bonds is 3. The molecule has 5 heteroatoms. The molecule has 20 heavy (non-hydrogen) atoms. The van der Waals surface area contributed by atoms with Crippen LogP contribution in [-0.4, -0.2) is 31.3 Å². The largest absolute Gasteiger partial charge is 0.378 e. The molecule has 3 rings (SSSR count). The molecule has 1 aromatic carbocycles. The van der Waals surface area contributed by atoms with Crippen molar-refractivity contribution in [3.05, 3.63) is 47.6 Å². The maximum Gasteiger partial charge on any atom is 0.130 e. The van der Waals surface area contributed by atoms with Crippen LogP contribution >= 0.6 is 11.6 Å². The number of aromatic nitrogens is 1. The SMILES string of the molecule is Clc1ccc(Nc2ccc(N3CCOCC3)cc2)nc1. The highest BCUT2D eigenvalue weighted by molar-refractivity contribution is 6.30. The first-order valence-corrected chi connectivity index (χ1v) is 7.00. The molecule has 1 aromatic heterocycles. The van der Waals surface area contributed by atoms with Crippen LogP contribution in [0.5, 0.6) is 0 Å². The molecule has 1 fully saturated rings. The summed E-state index contributed by atoms with van der Waals surface area (Å²) in [5.74, 6) is 0.786. The van der Waals surface area contributed by atoms with Crippen LogP contribution in [-0.2, 0) is 4.74 Å². The van der Waals surface area contributed by atoms with Crippen molar-refractivity contribution in [2.45, 2.75) is 0 Å². The highest BCUT2D eigenvalue weighted by atomic mass is 35.5. The van der Waals surface area contributed by atoms with E-state index in [1.807, 2.05) is 12.1 Å². The molecular weight excluding hydrogens is 274 g/mol. The molecular formula is C15H16ClN3O. The van der Waals surface area contributed by atoms with Crippen molar-refractivity contribution in [2.24, 2.45) is 0 Å². The zero-order valence-electron chi connectivity index (χ0n) is 11.1. The summed E-state index contributed by atoms with van der Waals surface area (Å²) in [6, 6.07) is 12.0. The molecule has 2 aromatic rings. The molecule has 2 heterocycles. The highest BCUT2D eigenvalue weighted by Crippen LogP contribution is 2.21. The molecule has 104 valence electrons. The van der Waals surface area contributed by atoms with Crippen molar-refractivity contribution in [1.29, 1.82) is 0 Å². The Labute approximate surface area is 123 Å². The lowest BCUT2D eigenvalue weighted by Crippen LogP contribution is -2.36. The smallest absolute Gasteiger partial charge is 0.130 e. The van der Waals surface area contributed by atoms with E-state index in [9.17, 15) is 0 Å². The van der Waals surface area contributed by atoms with Gasteiger partial charge in [-0.25, -0.2) is 4.98 Å². The zero-order valence-corrected chi connectivity index (χ0v) is 11.8. The molecule has 0 amide bonds. The summed E-state index contributed by atoms with van der Waals surface area (Å²) in [5, 5.41) is 3.89. The van der Waals surface area contributed by atoms with Crippen LogP contribution < -0.4 is 10.2 Å². The molecule has 0 atom stereocenters. The van der Waals surface area contributed by atoms with E-state index in [-0.39, 0.29) is 0 Å². The molecule has 1 aliphatic rings. The minimum atomic E-state index is 0.637. The first-order chi connectivity index (χ1) is 9.81. The number of hydrogen-bond acceptors (Lipinski definition) is 4. The number of halogens is 1. The maximum absolute atomic E-state index is 5.82. The van der Waals surface area contributed by atoms with Gasteiger partial charge in [-0.05, 0) is 36.4 Å². The van der Waals surface area contributed by atoms with Crippen molar-refractivity contribution in [2.75, 3.05) is 36.5 Å². The van der Waals surface area contributed by atoms with Gasteiger partial charge in [0, 0.05) is 30.7 Å². The van der Waals surface area contributed by atoms with E-state index in [0.717, 1.165) is 37.8 Å². The minimum Gasteiger partial charge on any atom is -0.378 e. The molecule has 1 aliphatic heterocycles. The van der Waals surface area contributed by atoms with Gasteiger partial charge in [-0.2, -0.15) is 0 Å². The van der Waals surface area contributed by atoms with Gasteiger partial charge in [0.05, 0.1) is 18.2 Å². The molecule has 0 unspecified atom stereocenters. The molecule has 0 spiro atoms. The summed E-state index contributed by atoms with van der Waals surface area (Å²) in [6.45, 7) is 3.50. The second kappa shape index (κ2) is 6.11. The zero-order chi connectivity index (χ0) is 13.8. The second-order valence-corrected chi connectivity index (χ2v) is 5.07. The van der Waals surface area contributed by atoms with Gasteiger partial charge in [0.2, 0.25) is 0 Å². The fraction of sp³-hybridized carbons (Fsp3) is 0.267. The summed E-state index contributed by atoms with van der Waals surface area (Å²) in [6.07, 6.45) is 1.63. The van der Waals surface area contributed by atoms with Crippen molar-refractivity contribution in [3.63, 3.8) is 0 Å². The Balaban J connectivity index is 1.67. The highest BCUT2D eigenvalue weighted by Gasteiger charge is 2.10. The lowest BCUT2D eigenvalue weighted by atomic mass is 10.2. The maximum atomic E-state index is 5.82. The Hall–Kier alpha value is -1.78. The first kappa shape index (κ1) is 13.2. The predicted octanol–water partition coefficient (Wildman–Crippen LogP) is 3.32. The standard InChI is InChI=1S/C15H16ClN3O/c16-12-1-6-15(17-11-12)18-13-2-4-14(5-3-13)19-7-9-20-10-8-19/h1-6,11H,7-10H2,(H,17,18). The van der Waals surface area contributed by atoms with Crippen LogP contribution in [0, 0.1) is 0 Å². The molecule has 1 saturated heterocycles. The lowest BCUT2D eigenvalue weighted by Gasteiger charge is -2.28. The number of nitrogens with one attached hydrogen (secondary N) is 1. The topological polar surface area (TPSA) is 37.4 Å². The van der Waals surface area contributed by atoms with Gasteiger partial charge >= 0.3 is 0 Å². The van der Waals surface area contributed by atoms with E-state index in [4.69, 9.17) is 16.3 Å². The molecule has 1 N–H and O–H groups in total. The Morgan fingerprint density at radius 1 is 1.05 bits per heavy atom. The van der Waals surface area contributed by atoms with Gasteiger partial charge in [0.1, 0.15) is 5.82 Å². The molecule has 0 aliphatic carbocycles. The van der Waals surface area contributed by atoms with Crippen LogP contribution in [0.25, 0.3) is 0 Å². The fourth-order valence-corrected chi connectivity index (χ4v) is 2.29. The number of nitrogens with zero attached hydrogens (tertiary/aromatic N) is 2. The van der Waals surface area contributed by atoms with E-state index in [0.29, 0.717) is 5.02 Å². The van der Waals surface area contributed by atoms with Crippen LogP contribution in [0.15, 0.2) is 42.6 Å². The van der Waals surface area contributed by atoms with Gasteiger partial charge in [-0.15, -0.1) is 0 Å². The van der Waals surface area contributed by atoms with E-state index in [1.165, 1.54) is 5.69 Å². The molecule has 0 bridgehead atoms. The van der Waals surface area contributed by atoms with Crippen LogP contribution in [0.1, 0.15) is 0 Å². The average Bonchev–Trinajstić information content (AvgIpc) is 2.51. The number of benzene rings is 1. The number of hydrogen-bond donors (Lipinski definition) is 1. The van der Waals surface area contributed by atoms with Gasteiger partial charge in [0.25, 0.3) is 0 Å². The van der Waals surface area contributed by atoms with E-state index in [1.54, 1.807) is 6.20 Å². The lowest BCUT2D eigenvalue weighted by molar-refractivity contribution is 0.122. The Bertz CT molecular complexity index is 550. The average molecular weight is 290 g/mol. The summed E-state index contributed by atoms with van der Waals surface area (Å²) in [4.78, 5) is 6.54. The van der Waals surface area contributed by atoms with E-state index in [2.05, 4.69) is 39.5 Å². The third kappa shape index (κ3) is 3.21. The van der Waals surface area contributed by atoms with Gasteiger partial charge in [0.15, 0.2) is 0 Å². The van der Waals surface area contributed by atoms with Crippen molar-refractivity contribution in [3.8, 4) is 0 Å². The third-order valence-electron chi connectivity index (χ3n) is 3.24. The normalized spacial score (nSPS) is 15.2. The van der Waals surface area contributed by atoms with Gasteiger partial charge in [-0.1, -0.05) is 11.6 Å². The first-order valence-electron chi connectivity index (χ1n) is 6.62. The van der Waals surface area contributed by atoms with Crippen molar-refractivity contribution < 1.29 is 4.74 Å². The van der Waals surface area contributed by atoms with Crippen LogP contribution in [0.3, 0.4) is 0 Å². The van der Waals surface area contributed by atoms with Gasteiger partial charge in [-0.3, -0.25) is 0 Å². The number of anilines is 3. The fourth-order valence-electron chi connectivity index (χ4n) is 2.17. The minimum absolute atomic E-state index is 0.637. The number of ether oxygens (including phenoxy) is 1. The predicted molar refractivity (Wildman–Crippen MR) is 82.0 cm³/mol. The quantitative estimate of drug-likeness (QED) is 0.941. The molecule has 0 radical (unpaired) electrons. The summed E-state index contributed by atoms with van der Waals surface area (Å²) < 4.78 is 5.36. The Morgan fingerprint density at radius 2 is 1.80 bits per heavy atom. The number of pyridine rings is 1. The monoisotopic (exact) mass is 289 g/mol. The van der Waals surface area contributed by atoms with Crippen molar-refractivity contribution in [1.82, 2.24) is 4.98 Å². The van der Waals surface area contributed by atoms with Crippen LogP contribution in [0.2, 0.25) is 5.02 Å². The second-order valence-electron chi connectivity index (χ2n) is 4.63. The van der Waals surface area contributed by atoms with Crippen LogP contribution in [0.4, 0.5) is 17.2 Å². The van der Waals surface area contributed by atoms with E-state index < -0.39 is 0 Å².